The number of benzene rings is 2. The van der Waals surface area contributed by atoms with E-state index in [4.69, 9.17) is 5.41 Å². The molecular weight excluding hydrogens is 433 g/mol. The SMILES string of the molecule is CNC(=O)c1ccc(-c2ccc(=N)n(/C(=N/F)C(F)c3ccc4ncccc4c3)n2)cc1F. The number of carbonyl (C=O) groups is 1. The number of carbonyl (C=O) groups excluding carboxylic acids is 1. The van der Waals surface area contributed by atoms with E-state index < -0.39 is 23.7 Å². The van der Waals surface area contributed by atoms with Crippen LogP contribution in [-0.4, -0.2) is 33.6 Å². The molecule has 1 amide bonds. The summed E-state index contributed by atoms with van der Waals surface area (Å²) in [4.78, 5) is 15.9. The highest BCUT2D eigenvalue weighted by atomic mass is 19.2. The van der Waals surface area contributed by atoms with Gasteiger partial charge in [0.25, 0.3) is 5.91 Å². The van der Waals surface area contributed by atoms with Crippen molar-refractivity contribution in [3.8, 4) is 11.3 Å². The van der Waals surface area contributed by atoms with E-state index in [-0.39, 0.29) is 27.9 Å². The minimum absolute atomic E-state index is 0.104. The van der Waals surface area contributed by atoms with E-state index in [9.17, 15) is 13.7 Å². The number of hydrogen-bond acceptors (Lipinski definition) is 5. The van der Waals surface area contributed by atoms with Crippen molar-refractivity contribution in [2.75, 3.05) is 7.05 Å². The molecule has 2 N–H and O–H groups in total. The molecule has 2 heterocycles. The second-order valence-electron chi connectivity index (χ2n) is 7.05. The second-order valence-corrected chi connectivity index (χ2v) is 7.05. The van der Waals surface area contributed by atoms with Gasteiger partial charge in [-0.15, -0.1) is 0 Å². The average Bonchev–Trinajstić information content (AvgIpc) is 2.84. The van der Waals surface area contributed by atoms with E-state index in [1.165, 1.54) is 43.4 Å². The third-order valence-corrected chi connectivity index (χ3v) is 5.02. The van der Waals surface area contributed by atoms with E-state index in [1.807, 2.05) is 0 Å². The summed E-state index contributed by atoms with van der Waals surface area (Å²) in [5, 5.41) is 17.7. The molecular formula is C23H17F3N6O. The van der Waals surface area contributed by atoms with Gasteiger partial charge in [-0.05, 0) is 48.0 Å². The maximum atomic E-state index is 15.3. The fourth-order valence-corrected chi connectivity index (χ4v) is 3.33. The van der Waals surface area contributed by atoms with Gasteiger partial charge in [0, 0.05) is 24.2 Å². The zero-order chi connectivity index (χ0) is 23.5. The van der Waals surface area contributed by atoms with Gasteiger partial charge in [0.1, 0.15) is 11.3 Å². The number of aromatic nitrogens is 3. The first-order valence-electron chi connectivity index (χ1n) is 9.78. The van der Waals surface area contributed by atoms with Gasteiger partial charge in [-0.1, -0.05) is 27.9 Å². The number of nitrogens with zero attached hydrogens (tertiary/aromatic N) is 4. The summed E-state index contributed by atoms with van der Waals surface area (Å²) >= 11 is 0. The minimum atomic E-state index is -2.04. The summed E-state index contributed by atoms with van der Waals surface area (Å²) in [6.45, 7) is 0. The second kappa shape index (κ2) is 9.03. The first kappa shape index (κ1) is 21.9. The van der Waals surface area contributed by atoms with Gasteiger partial charge in [-0.3, -0.25) is 15.2 Å². The van der Waals surface area contributed by atoms with Gasteiger partial charge in [0.2, 0.25) is 5.84 Å². The summed E-state index contributed by atoms with van der Waals surface area (Å²) in [6.07, 6.45) is -0.436. The predicted octanol–water partition coefficient (Wildman–Crippen LogP) is 3.92. The van der Waals surface area contributed by atoms with E-state index in [0.29, 0.717) is 15.6 Å². The molecule has 0 saturated carbocycles. The van der Waals surface area contributed by atoms with Crippen LogP contribution in [0.5, 0.6) is 0 Å². The molecule has 7 nitrogen and oxygen atoms in total. The zero-order valence-corrected chi connectivity index (χ0v) is 17.3. The van der Waals surface area contributed by atoms with Gasteiger partial charge in [-0.25, -0.2) is 8.78 Å². The zero-order valence-electron chi connectivity index (χ0n) is 17.3. The van der Waals surface area contributed by atoms with Gasteiger partial charge in [-0.2, -0.15) is 9.78 Å². The summed E-state index contributed by atoms with van der Waals surface area (Å²) < 4.78 is 44.1. The van der Waals surface area contributed by atoms with Gasteiger partial charge in [0.15, 0.2) is 6.17 Å². The van der Waals surface area contributed by atoms with Crippen LogP contribution in [0.4, 0.5) is 13.3 Å². The number of pyridine rings is 1. The largest absolute Gasteiger partial charge is 0.355 e. The normalized spacial score (nSPS) is 12.5. The van der Waals surface area contributed by atoms with E-state index in [2.05, 4.69) is 20.6 Å². The number of amides is 1. The highest BCUT2D eigenvalue weighted by Gasteiger charge is 2.23. The van der Waals surface area contributed by atoms with Crippen molar-refractivity contribution in [2.45, 2.75) is 6.17 Å². The number of alkyl halides is 1. The Balaban J connectivity index is 1.73. The maximum absolute atomic E-state index is 15.3. The monoisotopic (exact) mass is 450 g/mol. The van der Waals surface area contributed by atoms with Gasteiger partial charge in [0.05, 0.1) is 16.8 Å². The Labute approximate surface area is 185 Å². The lowest BCUT2D eigenvalue weighted by Gasteiger charge is -2.14. The molecule has 166 valence electrons. The third kappa shape index (κ3) is 4.22. The number of rotatable bonds is 4. The molecule has 4 aromatic rings. The molecule has 10 heteroatoms. The van der Waals surface area contributed by atoms with E-state index >= 15 is 4.39 Å². The summed E-state index contributed by atoms with van der Waals surface area (Å²) in [6, 6.07) is 14.5. The van der Waals surface area contributed by atoms with Crippen LogP contribution in [0, 0.1) is 11.2 Å². The van der Waals surface area contributed by atoms with Gasteiger partial charge < -0.3 is 5.32 Å². The predicted molar refractivity (Wildman–Crippen MR) is 116 cm³/mol. The van der Waals surface area contributed by atoms with Crippen LogP contribution in [0.1, 0.15) is 22.1 Å². The van der Waals surface area contributed by atoms with Gasteiger partial charge >= 0.3 is 0 Å². The average molecular weight is 450 g/mol. The standard InChI is InChI=1S/C23H17F3N6O/c1-28-23(33)16-6-4-14(12-17(16)24)19-8-9-20(27)32(31-19)22(30-26)21(25)15-5-7-18-13(11-15)3-2-10-29-18/h2-12,21,27H,1H3,(H,28,33)/b27-20?,30-22+. The molecule has 0 aliphatic carbocycles. The number of halogens is 3. The van der Waals surface area contributed by atoms with Crippen LogP contribution < -0.4 is 10.8 Å². The summed E-state index contributed by atoms with van der Waals surface area (Å²) in [7, 11) is 1.38. The summed E-state index contributed by atoms with van der Waals surface area (Å²) in [5.74, 6) is -2.14. The number of fused-ring (bicyclic) bond motifs is 1. The molecule has 0 fully saturated rings. The van der Waals surface area contributed by atoms with Crippen LogP contribution in [0.15, 0.2) is 72.1 Å². The van der Waals surface area contributed by atoms with Crippen LogP contribution in [0.2, 0.25) is 0 Å². The molecule has 1 atom stereocenters. The van der Waals surface area contributed by atoms with E-state index in [1.54, 1.807) is 24.4 Å². The highest BCUT2D eigenvalue weighted by Crippen LogP contribution is 2.25. The molecule has 0 radical (unpaired) electrons. The molecule has 0 saturated heterocycles. The fraction of sp³-hybridized carbons (Fsp3) is 0.0870. The molecule has 0 aliphatic heterocycles. The Morgan fingerprint density at radius 2 is 1.97 bits per heavy atom. The molecule has 0 aliphatic rings. The van der Waals surface area contributed by atoms with Crippen LogP contribution in [-0.2, 0) is 0 Å². The fourth-order valence-electron chi connectivity index (χ4n) is 3.33. The van der Waals surface area contributed by atoms with Crippen LogP contribution in [0.3, 0.4) is 0 Å². The van der Waals surface area contributed by atoms with Crippen molar-refractivity contribution in [3.63, 3.8) is 0 Å². The molecule has 2 aromatic heterocycles. The molecule has 1 unspecified atom stereocenters. The van der Waals surface area contributed by atoms with Crippen molar-refractivity contribution >= 4 is 22.6 Å². The first-order valence-corrected chi connectivity index (χ1v) is 9.78. The van der Waals surface area contributed by atoms with Crippen molar-refractivity contribution in [3.05, 3.63) is 89.3 Å². The van der Waals surface area contributed by atoms with Crippen LogP contribution in [0.25, 0.3) is 22.2 Å². The lowest BCUT2D eigenvalue weighted by Crippen LogP contribution is -2.32. The third-order valence-electron chi connectivity index (χ3n) is 5.02. The number of nitrogens with one attached hydrogen (secondary N) is 2. The summed E-state index contributed by atoms with van der Waals surface area (Å²) in [5.41, 5.74) is 0.633. The quantitative estimate of drug-likeness (QED) is 0.364. The highest BCUT2D eigenvalue weighted by molar-refractivity contribution is 5.94. The molecule has 0 spiro atoms. The maximum Gasteiger partial charge on any atom is 0.253 e. The van der Waals surface area contributed by atoms with Crippen molar-refractivity contribution in [2.24, 2.45) is 5.21 Å². The first-order chi connectivity index (χ1) is 15.9. The minimum Gasteiger partial charge on any atom is -0.355 e. The van der Waals surface area contributed by atoms with Crippen molar-refractivity contribution in [1.29, 1.82) is 5.41 Å². The Hall–Kier alpha value is -4.34. The van der Waals surface area contributed by atoms with Crippen molar-refractivity contribution in [1.82, 2.24) is 20.1 Å². The molecule has 33 heavy (non-hydrogen) atoms. The Morgan fingerprint density at radius 1 is 1.15 bits per heavy atom. The Kier molecular flexibility index (Phi) is 5.99. The Morgan fingerprint density at radius 3 is 2.70 bits per heavy atom. The Bertz CT molecular complexity index is 1450. The number of hydrogen-bond donors (Lipinski definition) is 2. The van der Waals surface area contributed by atoms with E-state index in [0.717, 1.165) is 6.07 Å². The topological polar surface area (TPSA) is 96.0 Å². The van der Waals surface area contributed by atoms with Crippen LogP contribution >= 0.6 is 0 Å². The molecule has 2 aromatic carbocycles. The molecule has 4 rings (SSSR count). The lowest BCUT2D eigenvalue weighted by molar-refractivity contribution is 0.0959. The molecule has 0 bridgehead atoms. The smallest absolute Gasteiger partial charge is 0.253 e. The van der Waals surface area contributed by atoms with Crippen molar-refractivity contribution < 1.29 is 18.1 Å². The lowest BCUT2D eigenvalue weighted by atomic mass is 10.1.